The largest absolute Gasteiger partial charge is 0.391 e. The Morgan fingerprint density at radius 2 is 2.25 bits per heavy atom. The molecule has 0 saturated heterocycles. The summed E-state index contributed by atoms with van der Waals surface area (Å²) < 4.78 is 0. The molecule has 2 unspecified atom stereocenters. The van der Waals surface area contributed by atoms with E-state index in [0.717, 1.165) is 0 Å². The van der Waals surface area contributed by atoms with Crippen LogP contribution < -0.4 is 11.5 Å². The van der Waals surface area contributed by atoms with Gasteiger partial charge in [0, 0.05) is 0 Å². The normalized spacial score (nSPS) is 17.4. The average molecular weight is 117 g/mol. The second kappa shape index (κ2) is 2.64. The molecule has 4 nitrogen and oxygen atoms in total. The molecule has 0 aliphatic heterocycles. The van der Waals surface area contributed by atoms with E-state index in [-0.39, 0.29) is 0 Å². The zero-order valence-corrected chi connectivity index (χ0v) is 4.59. The lowest BCUT2D eigenvalue weighted by Gasteiger charge is -2.07. The number of aliphatic hydroxyl groups excluding tert-OH is 1. The van der Waals surface area contributed by atoms with Gasteiger partial charge >= 0.3 is 0 Å². The number of aliphatic hydroxyl groups is 1. The summed E-state index contributed by atoms with van der Waals surface area (Å²) in [4.78, 5) is 9.97. The number of rotatable bonds is 2. The van der Waals surface area contributed by atoms with Crippen molar-refractivity contribution in [3.8, 4) is 0 Å². The molecule has 47 valence electrons. The fraction of sp³-hybridized carbons (Fsp3) is 0.750. The lowest BCUT2D eigenvalue weighted by Crippen LogP contribution is -2.40. The van der Waals surface area contributed by atoms with Crippen LogP contribution in [-0.4, -0.2) is 23.2 Å². The van der Waals surface area contributed by atoms with Crippen LogP contribution in [0.1, 0.15) is 6.92 Å². The standard InChI is InChI=1S/C4H9N2O2/c1-2(7)3(5)4(6)8/h2-3,6-7H,5H2,1H3. The summed E-state index contributed by atoms with van der Waals surface area (Å²) in [7, 11) is 0. The zero-order chi connectivity index (χ0) is 6.73. The monoisotopic (exact) mass is 117 g/mol. The summed E-state index contributed by atoms with van der Waals surface area (Å²) in [5.41, 5.74) is 11.4. The second-order valence-electron chi connectivity index (χ2n) is 1.63. The minimum Gasteiger partial charge on any atom is -0.391 e. The van der Waals surface area contributed by atoms with E-state index in [1.165, 1.54) is 6.92 Å². The molecular weight excluding hydrogens is 108 g/mol. The van der Waals surface area contributed by atoms with Crippen LogP contribution in [0, 0.1) is 0 Å². The van der Waals surface area contributed by atoms with Gasteiger partial charge in [-0.1, -0.05) is 0 Å². The lowest BCUT2D eigenvalue weighted by molar-refractivity contribution is -0.121. The highest BCUT2D eigenvalue weighted by Crippen LogP contribution is 1.85. The van der Waals surface area contributed by atoms with Crippen LogP contribution in [0.15, 0.2) is 0 Å². The molecular formula is C4H9N2O2. The summed E-state index contributed by atoms with van der Waals surface area (Å²) in [6.07, 6.45) is -0.917. The maximum absolute atomic E-state index is 9.97. The number of hydrogen-bond acceptors (Lipinski definition) is 3. The molecule has 0 bridgehead atoms. The van der Waals surface area contributed by atoms with Crippen LogP contribution in [-0.2, 0) is 4.79 Å². The molecule has 0 rings (SSSR count). The summed E-state index contributed by atoms with van der Waals surface area (Å²) in [6.45, 7) is 1.37. The summed E-state index contributed by atoms with van der Waals surface area (Å²) in [6, 6.07) is -1.05. The third-order valence-corrected chi connectivity index (χ3v) is 0.822. The summed E-state index contributed by atoms with van der Waals surface area (Å²) >= 11 is 0. The summed E-state index contributed by atoms with van der Waals surface area (Å²) in [5.74, 6) is -0.931. The van der Waals surface area contributed by atoms with Crippen molar-refractivity contribution in [3.63, 3.8) is 0 Å². The molecule has 4 N–H and O–H groups in total. The van der Waals surface area contributed by atoms with Crippen LogP contribution >= 0.6 is 0 Å². The zero-order valence-electron chi connectivity index (χ0n) is 4.59. The van der Waals surface area contributed by atoms with Gasteiger partial charge in [-0.2, -0.15) is 0 Å². The van der Waals surface area contributed by atoms with Crippen LogP contribution in [0.3, 0.4) is 0 Å². The van der Waals surface area contributed by atoms with Crippen molar-refractivity contribution in [2.45, 2.75) is 19.1 Å². The van der Waals surface area contributed by atoms with E-state index in [4.69, 9.17) is 16.6 Å². The van der Waals surface area contributed by atoms with E-state index in [9.17, 15) is 4.79 Å². The smallest absolute Gasteiger partial charge is 0.257 e. The lowest BCUT2D eigenvalue weighted by atomic mass is 10.2. The first-order valence-electron chi connectivity index (χ1n) is 2.25. The highest BCUT2D eigenvalue weighted by atomic mass is 16.3. The van der Waals surface area contributed by atoms with Gasteiger partial charge in [-0.25, -0.2) is 0 Å². The number of carbonyl (C=O) groups is 1. The Morgan fingerprint density at radius 1 is 1.88 bits per heavy atom. The molecule has 0 fully saturated rings. The minimum absolute atomic E-state index is 0.917. The van der Waals surface area contributed by atoms with Crippen LogP contribution in [0.25, 0.3) is 0 Å². The highest BCUT2D eigenvalue weighted by Gasteiger charge is 2.14. The van der Waals surface area contributed by atoms with Crippen molar-refractivity contribution < 1.29 is 9.90 Å². The van der Waals surface area contributed by atoms with E-state index in [1.807, 2.05) is 0 Å². The number of carbonyl (C=O) groups excluding carboxylic acids is 1. The van der Waals surface area contributed by atoms with Gasteiger partial charge in [0.15, 0.2) is 0 Å². The SMILES string of the molecule is CC(O)C(N)C([NH])=O. The Kier molecular flexibility index (Phi) is 2.44. The number of hydrogen-bond donors (Lipinski definition) is 2. The molecule has 2 atom stereocenters. The van der Waals surface area contributed by atoms with Crippen molar-refractivity contribution in [1.82, 2.24) is 5.73 Å². The van der Waals surface area contributed by atoms with Crippen molar-refractivity contribution in [2.75, 3.05) is 0 Å². The molecule has 0 saturated carbocycles. The van der Waals surface area contributed by atoms with Gasteiger partial charge in [0.25, 0.3) is 5.91 Å². The number of amides is 1. The van der Waals surface area contributed by atoms with Crippen molar-refractivity contribution >= 4 is 5.91 Å². The quantitative estimate of drug-likeness (QED) is 0.461. The molecule has 4 heteroatoms. The molecule has 0 spiro atoms. The Bertz CT molecular complexity index is 92.0. The molecule has 8 heavy (non-hydrogen) atoms. The maximum Gasteiger partial charge on any atom is 0.257 e. The molecule has 0 aliphatic carbocycles. The Labute approximate surface area is 47.5 Å². The molecule has 0 aromatic carbocycles. The van der Waals surface area contributed by atoms with Gasteiger partial charge in [0.2, 0.25) is 0 Å². The van der Waals surface area contributed by atoms with Gasteiger partial charge in [0.1, 0.15) is 6.04 Å². The molecule has 1 amide bonds. The van der Waals surface area contributed by atoms with E-state index >= 15 is 0 Å². The number of nitrogens with two attached hydrogens (primary N) is 1. The first-order chi connectivity index (χ1) is 3.55. The van der Waals surface area contributed by atoms with Gasteiger partial charge < -0.3 is 10.8 Å². The minimum atomic E-state index is -1.05. The molecule has 1 radical (unpaired) electrons. The topological polar surface area (TPSA) is 87.1 Å². The fourth-order valence-corrected chi connectivity index (χ4v) is 0.219. The van der Waals surface area contributed by atoms with Crippen LogP contribution in [0.4, 0.5) is 0 Å². The molecule has 0 aliphatic rings. The number of nitrogens with one attached hydrogen (secondary N) is 1. The maximum atomic E-state index is 9.97. The first kappa shape index (κ1) is 7.39. The van der Waals surface area contributed by atoms with Crippen molar-refractivity contribution in [3.05, 3.63) is 0 Å². The van der Waals surface area contributed by atoms with Gasteiger partial charge in [0.05, 0.1) is 6.10 Å². The highest BCUT2D eigenvalue weighted by molar-refractivity contribution is 5.79. The predicted octanol–water partition coefficient (Wildman–Crippen LogP) is -1.50. The van der Waals surface area contributed by atoms with Crippen molar-refractivity contribution in [1.29, 1.82) is 0 Å². The van der Waals surface area contributed by atoms with E-state index < -0.39 is 18.1 Å². The third-order valence-electron chi connectivity index (χ3n) is 0.822. The first-order valence-corrected chi connectivity index (χ1v) is 2.25. The van der Waals surface area contributed by atoms with Crippen LogP contribution in [0.5, 0.6) is 0 Å². The van der Waals surface area contributed by atoms with E-state index in [1.54, 1.807) is 0 Å². The second-order valence-corrected chi connectivity index (χ2v) is 1.63. The fourth-order valence-electron chi connectivity index (χ4n) is 0.219. The molecule has 0 heterocycles. The predicted molar refractivity (Wildman–Crippen MR) is 27.8 cm³/mol. The Hall–Kier alpha value is -0.610. The van der Waals surface area contributed by atoms with Crippen molar-refractivity contribution in [2.24, 2.45) is 5.73 Å². The summed E-state index contributed by atoms with van der Waals surface area (Å²) in [5, 5.41) is 8.53. The Morgan fingerprint density at radius 3 is 2.25 bits per heavy atom. The third kappa shape index (κ3) is 1.90. The molecule has 0 aromatic rings. The Balaban J connectivity index is 3.64. The molecule has 0 aromatic heterocycles. The van der Waals surface area contributed by atoms with Gasteiger partial charge in [-0.15, -0.1) is 0 Å². The average Bonchev–Trinajstić information content (AvgIpc) is 1.64. The van der Waals surface area contributed by atoms with E-state index in [2.05, 4.69) is 0 Å². The van der Waals surface area contributed by atoms with Crippen LogP contribution in [0.2, 0.25) is 0 Å². The van der Waals surface area contributed by atoms with Gasteiger partial charge in [-0.05, 0) is 6.92 Å². The van der Waals surface area contributed by atoms with Gasteiger partial charge in [-0.3, -0.25) is 10.5 Å². The van der Waals surface area contributed by atoms with E-state index in [0.29, 0.717) is 0 Å².